The van der Waals surface area contributed by atoms with Crippen molar-refractivity contribution < 1.29 is 13.6 Å². The Bertz CT molecular complexity index is 561. The molecule has 2 aliphatic heterocycles. The molecule has 1 unspecified atom stereocenters. The van der Waals surface area contributed by atoms with Gasteiger partial charge in [0, 0.05) is 30.6 Å². The van der Waals surface area contributed by atoms with E-state index in [0.717, 1.165) is 45.3 Å². The zero-order valence-corrected chi connectivity index (χ0v) is 15.1. The lowest BCUT2D eigenvalue weighted by Gasteiger charge is -2.34. The highest BCUT2D eigenvalue weighted by Gasteiger charge is 2.26. The second-order valence-electron chi connectivity index (χ2n) is 6.81. The predicted molar refractivity (Wildman–Crippen MR) is 95.6 cm³/mol. The molecule has 1 aromatic carbocycles. The van der Waals surface area contributed by atoms with Crippen LogP contribution in [-0.2, 0) is 11.3 Å². The van der Waals surface area contributed by atoms with E-state index in [1.54, 1.807) is 0 Å². The molecule has 1 amide bonds. The third kappa shape index (κ3) is 5.36. The van der Waals surface area contributed by atoms with Crippen molar-refractivity contribution in [1.29, 1.82) is 0 Å². The minimum atomic E-state index is -0.504. The zero-order chi connectivity index (χ0) is 16.9. The number of rotatable bonds is 4. The molecule has 0 radical (unpaired) electrons. The van der Waals surface area contributed by atoms with Crippen LogP contribution in [0, 0.1) is 17.6 Å². The van der Waals surface area contributed by atoms with Crippen LogP contribution in [0.5, 0.6) is 0 Å². The molecule has 7 heteroatoms. The van der Waals surface area contributed by atoms with Crippen molar-refractivity contribution in [2.24, 2.45) is 5.92 Å². The van der Waals surface area contributed by atoms with Gasteiger partial charge in [0.15, 0.2) is 0 Å². The van der Waals surface area contributed by atoms with Crippen LogP contribution in [0.15, 0.2) is 18.2 Å². The Balaban J connectivity index is 0.00000225. The molecule has 0 bridgehead atoms. The SMILES string of the molecule is Cl.O=C(NC1CCCN(Cc2c(F)cccc2F)C1)C1CCNCC1. The maximum absolute atomic E-state index is 13.8. The fourth-order valence-electron chi connectivity index (χ4n) is 3.63. The van der Waals surface area contributed by atoms with Gasteiger partial charge in [-0.15, -0.1) is 12.4 Å². The van der Waals surface area contributed by atoms with Gasteiger partial charge in [-0.05, 0) is 57.5 Å². The lowest BCUT2D eigenvalue weighted by atomic mass is 9.96. The Morgan fingerprint density at radius 3 is 2.56 bits per heavy atom. The Hall–Kier alpha value is -1.24. The molecule has 2 fully saturated rings. The van der Waals surface area contributed by atoms with E-state index in [0.29, 0.717) is 6.54 Å². The quantitative estimate of drug-likeness (QED) is 0.852. The van der Waals surface area contributed by atoms with Gasteiger partial charge in [0.2, 0.25) is 5.91 Å². The van der Waals surface area contributed by atoms with E-state index in [1.807, 2.05) is 4.90 Å². The van der Waals surface area contributed by atoms with Crippen molar-refractivity contribution in [2.45, 2.75) is 38.3 Å². The van der Waals surface area contributed by atoms with Gasteiger partial charge in [0.25, 0.3) is 0 Å². The first-order valence-electron chi connectivity index (χ1n) is 8.80. The van der Waals surface area contributed by atoms with Crippen LogP contribution in [0.3, 0.4) is 0 Å². The summed E-state index contributed by atoms with van der Waals surface area (Å²) in [5.41, 5.74) is 0.114. The van der Waals surface area contributed by atoms with Crippen molar-refractivity contribution in [3.05, 3.63) is 35.4 Å². The first-order valence-corrected chi connectivity index (χ1v) is 8.80. The smallest absolute Gasteiger partial charge is 0.223 e. The third-order valence-electron chi connectivity index (χ3n) is 5.01. The highest BCUT2D eigenvalue weighted by molar-refractivity contribution is 5.85. The Morgan fingerprint density at radius 2 is 1.88 bits per heavy atom. The van der Waals surface area contributed by atoms with Gasteiger partial charge in [-0.2, -0.15) is 0 Å². The highest BCUT2D eigenvalue weighted by atomic mass is 35.5. The Morgan fingerprint density at radius 1 is 1.20 bits per heavy atom. The molecule has 25 heavy (non-hydrogen) atoms. The molecule has 0 spiro atoms. The number of hydrogen-bond donors (Lipinski definition) is 2. The van der Waals surface area contributed by atoms with Crippen LogP contribution in [0.2, 0.25) is 0 Å². The van der Waals surface area contributed by atoms with Gasteiger partial charge >= 0.3 is 0 Å². The first-order chi connectivity index (χ1) is 11.6. The van der Waals surface area contributed by atoms with Crippen LogP contribution in [-0.4, -0.2) is 43.0 Å². The molecule has 0 aliphatic carbocycles. The van der Waals surface area contributed by atoms with Crippen molar-refractivity contribution >= 4 is 18.3 Å². The van der Waals surface area contributed by atoms with Crippen molar-refractivity contribution in [2.75, 3.05) is 26.2 Å². The zero-order valence-electron chi connectivity index (χ0n) is 14.3. The number of likely N-dealkylation sites (tertiary alicyclic amines) is 1. The normalized spacial score (nSPS) is 22.2. The topological polar surface area (TPSA) is 44.4 Å². The lowest BCUT2D eigenvalue weighted by molar-refractivity contribution is -0.126. The number of carbonyl (C=O) groups is 1. The van der Waals surface area contributed by atoms with Crippen LogP contribution in [0.1, 0.15) is 31.2 Å². The van der Waals surface area contributed by atoms with Gasteiger partial charge in [-0.1, -0.05) is 6.07 Å². The molecule has 1 atom stereocenters. The number of amides is 1. The first kappa shape index (κ1) is 20.1. The number of piperidine rings is 2. The fourth-order valence-corrected chi connectivity index (χ4v) is 3.63. The van der Waals surface area contributed by atoms with E-state index in [9.17, 15) is 13.6 Å². The van der Waals surface area contributed by atoms with E-state index in [-0.39, 0.29) is 42.4 Å². The standard InChI is InChI=1S/C18H25F2N3O.ClH/c19-16-4-1-5-17(20)15(16)12-23-10-2-3-14(11-23)22-18(24)13-6-8-21-9-7-13;/h1,4-5,13-14,21H,2-3,6-12H2,(H,22,24);1H. The molecule has 4 nitrogen and oxygen atoms in total. The highest BCUT2D eigenvalue weighted by Crippen LogP contribution is 2.19. The summed E-state index contributed by atoms with van der Waals surface area (Å²) in [6, 6.07) is 4.03. The predicted octanol–water partition coefficient (Wildman–Crippen LogP) is 2.47. The summed E-state index contributed by atoms with van der Waals surface area (Å²) in [6.45, 7) is 3.47. The third-order valence-corrected chi connectivity index (χ3v) is 5.01. The average Bonchev–Trinajstić information content (AvgIpc) is 2.59. The summed E-state index contributed by atoms with van der Waals surface area (Å²) in [6.07, 6.45) is 3.60. The molecule has 2 N–H and O–H groups in total. The summed E-state index contributed by atoms with van der Waals surface area (Å²) in [4.78, 5) is 14.4. The van der Waals surface area contributed by atoms with E-state index in [1.165, 1.54) is 18.2 Å². The number of hydrogen-bond acceptors (Lipinski definition) is 3. The molecule has 0 aromatic heterocycles. The molecule has 0 saturated carbocycles. The summed E-state index contributed by atoms with van der Waals surface area (Å²) >= 11 is 0. The molecular weight excluding hydrogens is 348 g/mol. The Labute approximate surface area is 153 Å². The summed E-state index contributed by atoms with van der Waals surface area (Å²) in [7, 11) is 0. The second-order valence-corrected chi connectivity index (χ2v) is 6.81. The van der Waals surface area contributed by atoms with Gasteiger partial charge in [0.1, 0.15) is 11.6 Å². The van der Waals surface area contributed by atoms with Gasteiger partial charge in [-0.3, -0.25) is 9.69 Å². The second kappa shape index (κ2) is 9.46. The molecule has 2 heterocycles. The van der Waals surface area contributed by atoms with Crippen LogP contribution >= 0.6 is 12.4 Å². The largest absolute Gasteiger partial charge is 0.352 e. The van der Waals surface area contributed by atoms with Gasteiger partial charge < -0.3 is 10.6 Å². The van der Waals surface area contributed by atoms with Crippen molar-refractivity contribution in [1.82, 2.24) is 15.5 Å². The van der Waals surface area contributed by atoms with Crippen LogP contribution in [0.25, 0.3) is 0 Å². The molecule has 140 valence electrons. The molecular formula is C18H26ClF2N3O. The van der Waals surface area contributed by atoms with E-state index < -0.39 is 11.6 Å². The molecule has 2 saturated heterocycles. The monoisotopic (exact) mass is 373 g/mol. The fraction of sp³-hybridized carbons (Fsp3) is 0.611. The number of carbonyl (C=O) groups excluding carboxylic acids is 1. The number of halogens is 3. The average molecular weight is 374 g/mol. The van der Waals surface area contributed by atoms with Crippen LogP contribution < -0.4 is 10.6 Å². The minimum absolute atomic E-state index is 0. The van der Waals surface area contributed by atoms with Gasteiger partial charge in [0.05, 0.1) is 0 Å². The maximum Gasteiger partial charge on any atom is 0.223 e. The van der Waals surface area contributed by atoms with E-state index >= 15 is 0 Å². The number of benzene rings is 1. The number of nitrogens with one attached hydrogen (secondary N) is 2. The minimum Gasteiger partial charge on any atom is -0.352 e. The van der Waals surface area contributed by atoms with E-state index in [2.05, 4.69) is 10.6 Å². The molecule has 3 rings (SSSR count). The maximum atomic E-state index is 13.8. The summed E-state index contributed by atoms with van der Waals surface area (Å²) < 4.78 is 27.6. The van der Waals surface area contributed by atoms with Gasteiger partial charge in [-0.25, -0.2) is 8.78 Å². The summed E-state index contributed by atoms with van der Waals surface area (Å²) in [5, 5.41) is 6.40. The van der Waals surface area contributed by atoms with Crippen LogP contribution in [0.4, 0.5) is 8.78 Å². The van der Waals surface area contributed by atoms with Crippen molar-refractivity contribution in [3.8, 4) is 0 Å². The Kier molecular flexibility index (Phi) is 7.59. The lowest BCUT2D eigenvalue weighted by Crippen LogP contribution is -2.50. The molecule has 2 aliphatic rings. The molecule has 1 aromatic rings. The van der Waals surface area contributed by atoms with Crippen molar-refractivity contribution in [3.63, 3.8) is 0 Å². The summed E-state index contributed by atoms with van der Waals surface area (Å²) in [5.74, 6) is -0.794. The number of nitrogens with zero attached hydrogens (tertiary/aromatic N) is 1. The van der Waals surface area contributed by atoms with E-state index in [4.69, 9.17) is 0 Å².